The van der Waals surface area contributed by atoms with Crippen LogP contribution in [0.1, 0.15) is 24.0 Å². The van der Waals surface area contributed by atoms with E-state index in [1.165, 1.54) is 17.7 Å². The van der Waals surface area contributed by atoms with Crippen LogP contribution in [0.25, 0.3) is 6.08 Å². The zero-order chi connectivity index (χ0) is 19.3. The first-order valence-corrected chi connectivity index (χ1v) is 10.6. The third-order valence-corrected chi connectivity index (χ3v) is 5.85. The highest BCUT2D eigenvalue weighted by molar-refractivity contribution is 7.89. The summed E-state index contributed by atoms with van der Waals surface area (Å²) in [5.74, 6) is 0.606. The Kier molecular flexibility index (Phi) is 6.08. The van der Waals surface area contributed by atoms with Crippen molar-refractivity contribution in [1.82, 2.24) is 4.90 Å². The summed E-state index contributed by atoms with van der Waals surface area (Å²) < 4.78 is 22.5. The summed E-state index contributed by atoms with van der Waals surface area (Å²) in [4.78, 5) is 14.3. The first-order chi connectivity index (χ1) is 12.9. The summed E-state index contributed by atoms with van der Waals surface area (Å²) in [5.41, 5.74) is 2.11. The first-order valence-electron chi connectivity index (χ1n) is 9.05. The molecule has 0 unspecified atom stereocenters. The smallest absolute Gasteiger partial charge is 0.246 e. The van der Waals surface area contributed by atoms with Gasteiger partial charge in [-0.25, -0.2) is 13.6 Å². The van der Waals surface area contributed by atoms with E-state index in [-0.39, 0.29) is 10.8 Å². The van der Waals surface area contributed by atoms with Gasteiger partial charge in [-0.15, -0.1) is 0 Å². The molecule has 2 N–H and O–H groups in total. The summed E-state index contributed by atoms with van der Waals surface area (Å²) in [6, 6.07) is 16.6. The van der Waals surface area contributed by atoms with Gasteiger partial charge < -0.3 is 4.90 Å². The summed E-state index contributed by atoms with van der Waals surface area (Å²) in [7, 11) is -3.70. The molecule has 3 rings (SSSR count). The highest BCUT2D eigenvalue weighted by atomic mass is 32.2. The SMILES string of the molecule is NS(=O)(=O)c1ccc(/C=C/C(=O)N2CCC(Cc3ccccc3)CC2)cc1. The highest BCUT2D eigenvalue weighted by Gasteiger charge is 2.21. The number of nitrogens with two attached hydrogens (primary N) is 1. The molecule has 6 heteroatoms. The van der Waals surface area contributed by atoms with Gasteiger partial charge in [-0.2, -0.15) is 0 Å². The average Bonchev–Trinajstić information content (AvgIpc) is 2.67. The monoisotopic (exact) mass is 384 g/mol. The predicted octanol–water partition coefficient (Wildman–Crippen LogP) is 2.83. The van der Waals surface area contributed by atoms with Gasteiger partial charge in [0.15, 0.2) is 0 Å². The van der Waals surface area contributed by atoms with Gasteiger partial charge in [0.1, 0.15) is 0 Å². The molecular weight excluding hydrogens is 360 g/mol. The Balaban J connectivity index is 1.51. The lowest BCUT2D eigenvalue weighted by atomic mass is 9.90. The molecule has 1 amide bonds. The van der Waals surface area contributed by atoms with Crippen LogP contribution in [0.2, 0.25) is 0 Å². The maximum absolute atomic E-state index is 12.4. The third kappa shape index (κ3) is 5.52. The Bertz CT molecular complexity index is 898. The molecule has 5 nitrogen and oxygen atoms in total. The van der Waals surface area contributed by atoms with Crippen LogP contribution < -0.4 is 5.14 Å². The molecule has 0 aliphatic carbocycles. The summed E-state index contributed by atoms with van der Waals surface area (Å²) >= 11 is 0. The quantitative estimate of drug-likeness (QED) is 0.805. The van der Waals surface area contributed by atoms with Crippen LogP contribution in [0, 0.1) is 5.92 Å². The summed E-state index contributed by atoms with van der Waals surface area (Å²) in [5, 5.41) is 5.08. The minimum atomic E-state index is -3.70. The fraction of sp³-hybridized carbons (Fsp3) is 0.286. The fourth-order valence-electron chi connectivity index (χ4n) is 3.35. The molecule has 1 aliphatic heterocycles. The van der Waals surface area contributed by atoms with Crippen molar-refractivity contribution in [2.24, 2.45) is 11.1 Å². The van der Waals surface area contributed by atoms with Gasteiger partial charge in [0.25, 0.3) is 0 Å². The van der Waals surface area contributed by atoms with Crippen LogP contribution in [0.4, 0.5) is 0 Å². The zero-order valence-corrected chi connectivity index (χ0v) is 15.9. The Hall–Kier alpha value is -2.44. The van der Waals surface area contributed by atoms with E-state index in [9.17, 15) is 13.2 Å². The number of amides is 1. The van der Waals surface area contributed by atoms with Crippen molar-refractivity contribution < 1.29 is 13.2 Å². The van der Waals surface area contributed by atoms with Crippen molar-refractivity contribution >= 4 is 22.0 Å². The van der Waals surface area contributed by atoms with E-state index in [1.807, 2.05) is 11.0 Å². The standard InChI is InChI=1S/C21H24N2O3S/c22-27(25,26)20-9-6-17(7-10-20)8-11-21(24)23-14-12-19(13-15-23)16-18-4-2-1-3-5-18/h1-11,19H,12-16H2,(H2,22,25,26)/b11-8+. The number of rotatable bonds is 5. The lowest BCUT2D eigenvalue weighted by Crippen LogP contribution is -2.37. The van der Waals surface area contributed by atoms with E-state index in [2.05, 4.69) is 24.3 Å². The van der Waals surface area contributed by atoms with E-state index in [0.29, 0.717) is 5.92 Å². The molecule has 0 spiro atoms. The number of carbonyl (C=O) groups excluding carboxylic acids is 1. The lowest BCUT2D eigenvalue weighted by molar-refractivity contribution is -0.127. The zero-order valence-electron chi connectivity index (χ0n) is 15.1. The van der Waals surface area contributed by atoms with Gasteiger partial charge in [0, 0.05) is 19.2 Å². The van der Waals surface area contributed by atoms with Gasteiger partial charge >= 0.3 is 0 Å². The molecule has 142 valence electrons. The Morgan fingerprint density at radius 2 is 1.67 bits per heavy atom. The normalized spacial score (nSPS) is 16.0. The van der Waals surface area contributed by atoms with Crippen LogP contribution in [0.5, 0.6) is 0 Å². The van der Waals surface area contributed by atoms with Crippen molar-refractivity contribution in [3.8, 4) is 0 Å². The summed E-state index contributed by atoms with van der Waals surface area (Å²) in [6.07, 6.45) is 6.33. The number of hydrogen-bond donors (Lipinski definition) is 1. The first kappa shape index (κ1) is 19.3. The van der Waals surface area contributed by atoms with E-state index < -0.39 is 10.0 Å². The number of carbonyl (C=O) groups is 1. The summed E-state index contributed by atoms with van der Waals surface area (Å²) in [6.45, 7) is 1.54. The molecule has 1 aliphatic rings. The molecule has 1 saturated heterocycles. The van der Waals surface area contributed by atoms with Crippen molar-refractivity contribution in [2.45, 2.75) is 24.2 Å². The van der Waals surface area contributed by atoms with Crippen molar-refractivity contribution in [2.75, 3.05) is 13.1 Å². The van der Waals surface area contributed by atoms with Crippen LogP contribution in [0.3, 0.4) is 0 Å². The third-order valence-electron chi connectivity index (χ3n) is 4.92. The van der Waals surface area contributed by atoms with Gasteiger partial charge in [-0.05, 0) is 54.5 Å². The molecule has 0 aromatic heterocycles. The second kappa shape index (κ2) is 8.50. The van der Waals surface area contributed by atoms with Crippen LogP contribution in [0.15, 0.2) is 65.6 Å². The van der Waals surface area contributed by atoms with Crippen molar-refractivity contribution in [3.63, 3.8) is 0 Å². The Morgan fingerprint density at radius 3 is 2.26 bits per heavy atom. The number of likely N-dealkylation sites (tertiary alicyclic amines) is 1. The Labute approximate surface area is 160 Å². The van der Waals surface area contributed by atoms with Gasteiger partial charge in [0.05, 0.1) is 4.90 Å². The number of hydrogen-bond acceptors (Lipinski definition) is 3. The van der Waals surface area contributed by atoms with Crippen LogP contribution in [-0.4, -0.2) is 32.3 Å². The highest BCUT2D eigenvalue weighted by Crippen LogP contribution is 2.22. The molecule has 2 aromatic carbocycles. The number of benzene rings is 2. The molecule has 0 saturated carbocycles. The van der Waals surface area contributed by atoms with Crippen molar-refractivity contribution in [3.05, 3.63) is 71.8 Å². The Morgan fingerprint density at radius 1 is 1.04 bits per heavy atom. The number of piperidine rings is 1. The predicted molar refractivity (Wildman–Crippen MR) is 106 cm³/mol. The van der Waals surface area contributed by atoms with E-state index in [4.69, 9.17) is 5.14 Å². The minimum absolute atomic E-state index is 0.0105. The largest absolute Gasteiger partial charge is 0.339 e. The molecule has 0 atom stereocenters. The number of primary sulfonamides is 1. The van der Waals surface area contributed by atoms with Gasteiger partial charge in [-0.3, -0.25) is 4.79 Å². The van der Waals surface area contributed by atoms with Crippen molar-refractivity contribution in [1.29, 1.82) is 0 Å². The van der Waals surface area contributed by atoms with E-state index >= 15 is 0 Å². The molecule has 27 heavy (non-hydrogen) atoms. The van der Waals surface area contributed by atoms with Gasteiger partial charge in [-0.1, -0.05) is 42.5 Å². The number of nitrogens with zero attached hydrogens (tertiary/aromatic N) is 1. The van der Waals surface area contributed by atoms with Crippen LogP contribution in [-0.2, 0) is 21.2 Å². The maximum atomic E-state index is 12.4. The molecule has 1 heterocycles. The van der Waals surface area contributed by atoms with E-state index in [0.717, 1.165) is 37.9 Å². The molecule has 1 fully saturated rings. The second-order valence-electron chi connectivity index (χ2n) is 6.91. The second-order valence-corrected chi connectivity index (χ2v) is 8.47. The molecule has 0 bridgehead atoms. The lowest BCUT2D eigenvalue weighted by Gasteiger charge is -2.31. The van der Waals surface area contributed by atoms with Gasteiger partial charge in [0.2, 0.25) is 15.9 Å². The average molecular weight is 385 g/mol. The fourth-order valence-corrected chi connectivity index (χ4v) is 3.86. The van der Waals surface area contributed by atoms with Crippen LogP contribution >= 0.6 is 0 Å². The molecule has 2 aromatic rings. The van der Waals surface area contributed by atoms with E-state index in [1.54, 1.807) is 24.3 Å². The molecular formula is C21H24N2O3S. The topological polar surface area (TPSA) is 80.5 Å². The molecule has 0 radical (unpaired) electrons. The number of sulfonamides is 1. The maximum Gasteiger partial charge on any atom is 0.246 e. The minimum Gasteiger partial charge on any atom is -0.339 e.